The smallest absolute Gasteiger partial charge is 0.250 e. The zero-order valence-electron chi connectivity index (χ0n) is 15.9. The number of aryl methyl sites for hydroxylation is 1. The van der Waals surface area contributed by atoms with Crippen molar-refractivity contribution in [3.8, 4) is 28.6 Å². The van der Waals surface area contributed by atoms with E-state index in [9.17, 15) is 15.0 Å². The molecule has 2 aromatic carbocycles. The molecule has 0 spiro atoms. The Morgan fingerprint density at radius 2 is 2.07 bits per heavy atom. The molecule has 7 nitrogen and oxygen atoms in total. The van der Waals surface area contributed by atoms with Gasteiger partial charge in [-0.15, -0.1) is 0 Å². The van der Waals surface area contributed by atoms with E-state index in [1.165, 1.54) is 12.1 Å². The fourth-order valence-electron chi connectivity index (χ4n) is 2.91. The van der Waals surface area contributed by atoms with Crippen molar-refractivity contribution in [1.82, 2.24) is 20.1 Å². The van der Waals surface area contributed by atoms with Crippen molar-refractivity contribution in [3.63, 3.8) is 0 Å². The van der Waals surface area contributed by atoms with Crippen LogP contribution >= 0.6 is 12.2 Å². The molecule has 0 radical (unpaired) electrons. The third kappa shape index (κ3) is 3.97. The second-order valence-electron chi connectivity index (χ2n) is 6.33. The van der Waals surface area contributed by atoms with Gasteiger partial charge in [0.1, 0.15) is 11.5 Å². The topological polar surface area (TPSA) is 103 Å². The van der Waals surface area contributed by atoms with E-state index in [0.717, 1.165) is 11.1 Å². The summed E-state index contributed by atoms with van der Waals surface area (Å²) in [7, 11) is 1.54. The summed E-state index contributed by atoms with van der Waals surface area (Å²) in [5.74, 6) is -0.0688. The van der Waals surface area contributed by atoms with Gasteiger partial charge in [-0.3, -0.25) is 14.5 Å². The highest BCUT2D eigenvalue weighted by Crippen LogP contribution is 2.33. The lowest BCUT2D eigenvalue weighted by Crippen LogP contribution is -2.18. The molecular formula is C21H20N4O3S. The number of hydrogen-bond acceptors (Lipinski definition) is 5. The van der Waals surface area contributed by atoms with Crippen LogP contribution in [0.4, 0.5) is 0 Å². The minimum absolute atomic E-state index is 0.0566. The molecule has 0 aliphatic rings. The van der Waals surface area contributed by atoms with Crippen LogP contribution in [0.25, 0.3) is 23.2 Å². The fraction of sp³-hybridized carbons (Fsp3) is 0.0952. The molecule has 0 unspecified atom stereocenters. The number of H-pyrrole nitrogens is 1. The fourth-order valence-corrected chi connectivity index (χ4v) is 3.14. The first-order chi connectivity index (χ1) is 13.8. The molecule has 1 amide bonds. The van der Waals surface area contributed by atoms with Gasteiger partial charge in [0, 0.05) is 24.3 Å². The summed E-state index contributed by atoms with van der Waals surface area (Å²) < 4.78 is 2.02. The number of aromatic nitrogens is 3. The average Bonchev–Trinajstić information content (AvgIpc) is 3.07. The normalized spacial score (nSPS) is 11.0. The summed E-state index contributed by atoms with van der Waals surface area (Å²) in [6.45, 7) is 5.70. The largest absolute Gasteiger partial charge is 0.508 e. The maximum atomic E-state index is 11.7. The van der Waals surface area contributed by atoms with E-state index >= 15 is 0 Å². The predicted octanol–water partition coefficient (Wildman–Crippen LogP) is 3.63. The molecule has 0 aliphatic heterocycles. The number of hydrogen-bond donors (Lipinski definition) is 4. The van der Waals surface area contributed by atoms with Gasteiger partial charge in [0.15, 0.2) is 10.6 Å². The number of phenolic OH excluding ortho intramolecular Hbond substituents is 2. The van der Waals surface area contributed by atoms with Crippen LogP contribution in [-0.4, -0.2) is 37.9 Å². The molecule has 1 aromatic heterocycles. The summed E-state index contributed by atoms with van der Waals surface area (Å²) in [5.41, 5.74) is 3.20. The molecule has 3 rings (SSSR count). The molecule has 0 saturated carbocycles. The third-order valence-corrected chi connectivity index (χ3v) is 4.68. The van der Waals surface area contributed by atoms with E-state index in [0.29, 0.717) is 27.4 Å². The lowest BCUT2D eigenvalue weighted by molar-refractivity contribution is -0.116. The molecule has 148 valence electrons. The van der Waals surface area contributed by atoms with E-state index < -0.39 is 0 Å². The van der Waals surface area contributed by atoms with Crippen LogP contribution in [0.2, 0.25) is 0 Å². The van der Waals surface area contributed by atoms with Gasteiger partial charge in [-0.1, -0.05) is 24.8 Å². The van der Waals surface area contributed by atoms with Crippen LogP contribution in [-0.2, 0) is 4.79 Å². The predicted molar refractivity (Wildman–Crippen MR) is 114 cm³/mol. The summed E-state index contributed by atoms with van der Waals surface area (Å²) in [6.07, 6.45) is 3.42. The number of benzene rings is 2. The number of amides is 1. The van der Waals surface area contributed by atoms with Gasteiger partial charge < -0.3 is 15.5 Å². The van der Waals surface area contributed by atoms with Crippen molar-refractivity contribution in [3.05, 3.63) is 70.5 Å². The molecule has 4 N–H and O–H groups in total. The number of phenols is 2. The Balaban J connectivity index is 2.19. The summed E-state index contributed by atoms with van der Waals surface area (Å²) in [6, 6.07) is 9.94. The Morgan fingerprint density at radius 1 is 1.31 bits per heavy atom. The number of nitrogens with zero attached hydrogens (tertiary/aromatic N) is 2. The molecule has 0 bridgehead atoms. The van der Waals surface area contributed by atoms with Crippen LogP contribution in [0.1, 0.15) is 11.1 Å². The van der Waals surface area contributed by atoms with Crippen molar-refractivity contribution < 1.29 is 15.0 Å². The Kier molecular flexibility index (Phi) is 5.65. The van der Waals surface area contributed by atoms with Crippen molar-refractivity contribution in [2.24, 2.45) is 0 Å². The molecule has 8 heteroatoms. The number of aromatic amines is 1. The Labute approximate surface area is 172 Å². The quantitative estimate of drug-likeness (QED) is 0.293. The van der Waals surface area contributed by atoms with E-state index in [4.69, 9.17) is 12.2 Å². The highest BCUT2D eigenvalue weighted by molar-refractivity contribution is 7.71. The Hall–Kier alpha value is -3.65. The zero-order valence-corrected chi connectivity index (χ0v) is 16.7. The highest BCUT2D eigenvalue weighted by atomic mass is 32.1. The molecule has 0 fully saturated rings. The molecule has 29 heavy (non-hydrogen) atoms. The minimum atomic E-state index is -0.272. The SMILES string of the molecule is C=C(C=Cc1c(C)cccc1-n1c(-c2ccc(O)cc2O)n[nH]c1=S)C(=O)NC. The monoisotopic (exact) mass is 408 g/mol. The lowest BCUT2D eigenvalue weighted by Gasteiger charge is -2.13. The number of carbonyl (C=O) groups is 1. The molecular weight excluding hydrogens is 388 g/mol. The third-order valence-electron chi connectivity index (χ3n) is 4.41. The first kappa shape index (κ1) is 20.1. The van der Waals surface area contributed by atoms with Gasteiger partial charge in [0.05, 0.1) is 11.3 Å². The van der Waals surface area contributed by atoms with Gasteiger partial charge in [-0.25, -0.2) is 0 Å². The van der Waals surface area contributed by atoms with Gasteiger partial charge in [-0.2, -0.15) is 5.10 Å². The molecule has 0 atom stereocenters. The second-order valence-corrected chi connectivity index (χ2v) is 6.72. The zero-order chi connectivity index (χ0) is 21.1. The number of carbonyl (C=O) groups excluding carboxylic acids is 1. The van der Waals surface area contributed by atoms with Crippen molar-refractivity contribution in [2.45, 2.75) is 6.92 Å². The van der Waals surface area contributed by atoms with E-state index in [-0.39, 0.29) is 17.4 Å². The highest BCUT2D eigenvalue weighted by Gasteiger charge is 2.17. The standard InChI is InChI=1S/C21H20N4O3S/c1-12-5-4-6-17(15(12)9-7-13(2)20(28)22-3)25-19(23-24-21(25)29)16-10-8-14(26)11-18(16)27/h4-11,26-27H,2H2,1,3H3,(H,22,28)(H,24,29). The maximum absolute atomic E-state index is 11.7. The molecule has 0 aliphatic carbocycles. The van der Waals surface area contributed by atoms with E-state index in [1.807, 2.05) is 25.1 Å². The molecule has 3 aromatic rings. The van der Waals surface area contributed by atoms with Crippen LogP contribution in [0.3, 0.4) is 0 Å². The van der Waals surface area contributed by atoms with Crippen molar-refractivity contribution in [1.29, 1.82) is 0 Å². The Bertz CT molecular complexity index is 1190. The Morgan fingerprint density at radius 3 is 2.76 bits per heavy atom. The summed E-state index contributed by atoms with van der Waals surface area (Å²) in [5, 5.41) is 29.4. The van der Waals surface area contributed by atoms with Crippen LogP contribution in [0, 0.1) is 11.7 Å². The number of aromatic hydroxyl groups is 2. The van der Waals surface area contributed by atoms with Gasteiger partial charge in [0.2, 0.25) is 5.91 Å². The number of nitrogens with one attached hydrogen (secondary N) is 2. The number of likely N-dealkylation sites (N-methyl/N-ethyl adjacent to an activating group) is 1. The average molecular weight is 408 g/mol. The van der Waals surface area contributed by atoms with E-state index in [1.54, 1.807) is 29.8 Å². The second kappa shape index (κ2) is 8.15. The van der Waals surface area contributed by atoms with Crippen molar-refractivity contribution in [2.75, 3.05) is 7.05 Å². The first-order valence-electron chi connectivity index (χ1n) is 8.72. The van der Waals surface area contributed by atoms with Gasteiger partial charge in [0.25, 0.3) is 0 Å². The van der Waals surface area contributed by atoms with Gasteiger partial charge >= 0.3 is 0 Å². The van der Waals surface area contributed by atoms with Gasteiger partial charge in [-0.05, 0) is 49.0 Å². The van der Waals surface area contributed by atoms with Crippen LogP contribution < -0.4 is 5.32 Å². The maximum Gasteiger partial charge on any atom is 0.250 e. The van der Waals surface area contributed by atoms with Crippen LogP contribution in [0.5, 0.6) is 11.5 Å². The van der Waals surface area contributed by atoms with Crippen LogP contribution in [0.15, 0.2) is 54.6 Å². The number of rotatable bonds is 5. The van der Waals surface area contributed by atoms with E-state index in [2.05, 4.69) is 22.1 Å². The summed E-state index contributed by atoms with van der Waals surface area (Å²) in [4.78, 5) is 11.7. The first-order valence-corrected chi connectivity index (χ1v) is 9.13. The van der Waals surface area contributed by atoms with Crippen molar-refractivity contribution >= 4 is 24.2 Å². The lowest BCUT2D eigenvalue weighted by atomic mass is 10.0. The molecule has 1 heterocycles. The minimum Gasteiger partial charge on any atom is -0.508 e. The molecule has 0 saturated heterocycles. The summed E-state index contributed by atoms with van der Waals surface area (Å²) >= 11 is 5.43.